The predicted octanol–water partition coefficient (Wildman–Crippen LogP) is 2.11. The summed E-state index contributed by atoms with van der Waals surface area (Å²) in [6.45, 7) is 1.98. The van der Waals surface area contributed by atoms with Gasteiger partial charge < -0.3 is 10.4 Å². The third-order valence-corrected chi connectivity index (χ3v) is 3.41. The van der Waals surface area contributed by atoms with Crippen molar-refractivity contribution in [2.45, 2.75) is 25.8 Å². The maximum atomic E-state index is 12.9. The molecule has 1 aromatic carbocycles. The molecule has 2 N–H and O–H groups in total. The monoisotopic (exact) mass is 265 g/mol. The molecule has 1 saturated carbocycles. The van der Waals surface area contributed by atoms with E-state index in [2.05, 4.69) is 5.32 Å². The van der Waals surface area contributed by atoms with Crippen LogP contribution in [0.4, 0.5) is 4.39 Å². The van der Waals surface area contributed by atoms with E-state index in [1.54, 1.807) is 0 Å². The molecule has 0 radical (unpaired) electrons. The zero-order valence-corrected chi connectivity index (χ0v) is 10.6. The molecule has 4 nitrogen and oxygen atoms in total. The summed E-state index contributed by atoms with van der Waals surface area (Å²) in [6, 6.07) is 4.91. The Hall–Kier alpha value is -1.91. The molecule has 19 heavy (non-hydrogen) atoms. The molecule has 1 amide bonds. The van der Waals surface area contributed by atoms with Gasteiger partial charge in [-0.15, -0.1) is 0 Å². The van der Waals surface area contributed by atoms with E-state index in [0.29, 0.717) is 11.5 Å². The predicted molar refractivity (Wildman–Crippen MR) is 66.8 cm³/mol. The Morgan fingerprint density at radius 2 is 2.00 bits per heavy atom. The molecule has 1 fully saturated rings. The molecule has 0 heterocycles. The van der Waals surface area contributed by atoms with Crippen LogP contribution < -0.4 is 5.32 Å². The summed E-state index contributed by atoms with van der Waals surface area (Å²) >= 11 is 0. The van der Waals surface area contributed by atoms with Gasteiger partial charge in [-0.1, -0.05) is 19.1 Å². The number of amides is 1. The standard InChI is InChI=1S/C14H16FNO3/c1-8-6-11(8)14(19)16-12(7-13(17)18)9-2-4-10(15)5-3-9/h2-5,8,11-12H,6-7H2,1H3,(H,16,19)(H,17,18)/t8-,11+,12-/m1/s1. The third-order valence-electron chi connectivity index (χ3n) is 3.41. The van der Waals surface area contributed by atoms with Crippen LogP contribution in [0.3, 0.4) is 0 Å². The lowest BCUT2D eigenvalue weighted by atomic mass is 10.0. The van der Waals surface area contributed by atoms with Crippen LogP contribution in [-0.4, -0.2) is 17.0 Å². The van der Waals surface area contributed by atoms with E-state index < -0.39 is 12.0 Å². The van der Waals surface area contributed by atoms with Gasteiger partial charge >= 0.3 is 5.97 Å². The van der Waals surface area contributed by atoms with Gasteiger partial charge in [0.2, 0.25) is 5.91 Å². The van der Waals surface area contributed by atoms with Crippen molar-refractivity contribution in [2.24, 2.45) is 11.8 Å². The number of carbonyl (C=O) groups excluding carboxylic acids is 1. The second-order valence-corrected chi connectivity index (χ2v) is 5.03. The molecule has 1 aromatic rings. The zero-order chi connectivity index (χ0) is 14.0. The lowest BCUT2D eigenvalue weighted by Crippen LogP contribution is -2.31. The summed E-state index contributed by atoms with van der Waals surface area (Å²) in [6.07, 6.45) is 0.632. The number of benzene rings is 1. The number of nitrogens with one attached hydrogen (secondary N) is 1. The Bertz CT molecular complexity index is 486. The Labute approximate surface area is 110 Å². The van der Waals surface area contributed by atoms with Crippen LogP contribution in [0, 0.1) is 17.7 Å². The van der Waals surface area contributed by atoms with Gasteiger partial charge in [-0.05, 0) is 30.0 Å². The van der Waals surface area contributed by atoms with Crippen molar-refractivity contribution in [1.82, 2.24) is 5.32 Å². The van der Waals surface area contributed by atoms with Crippen molar-refractivity contribution in [3.8, 4) is 0 Å². The first-order chi connectivity index (χ1) is 8.97. The quantitative estimate of drug-likeness (QED) is 0.857. The second-order valence-electron chi connectivity index (χ2n) is 5.03. The van der Waals surface area contributed by atoms with Crippen molar-refractivity contribution in [3.63, 3.8) is 0 Å². The molecule has 0 aliphatic heterocycles. The first kappa shape index (κ1) is 13.5. The first-order valence-electron chi connectivity index (χ1n) is 6.25. The largest absolute Gasteiger partial charge is 0.481 e. The highest BCUT2D eigenvalue weighted by atomic mass is 19.1. The molecule has 3 atom stereocenters. The van der Waals surface area contributed by atoms with E-state index >= 15 is 0 Å². The molecule has 1 aliphatic carbocycles. The van der Waals surface area contributed by atoms with Gasteiger partial charge in [-0.3, -0.25) is 9.59 Å². The highest BCUT2D eigenvalue weighted by molar-refractivity contribution is 5.82. The van der Waals surface area contributed by atoms with Crippen LogP contribution in [0.15, 0.2) is 24.3 Å². The number of carboxylic acids is 1. The minimum absolute atomic E-state index is 0.0169. The average Bonchev–Trinajstić information content (AvgIpc) is 3.06. The lowest BCUT2D eigenvalue weighted by molar-refractivity contribution is -0.137. The number of hydrogen-bond donors (Lipinski definition) is 2. The molecule has 0 aromatic heterocycles. The fourth-order valence-electron chi connectivity index (χ4n) is 2.09. The summed E-state index contributed by atoms with van der Waals surface area (Å²) in [7, 11) is 0. The molecule has 102 valence electrons. The summed E-state index contributed by atoms with van der Waals surface area (Å²) < 4.78 is 12.9. The Morgan fingerprint density at radius 3 is 2.47 bits per heavy atom. The molecule has 0 unspecified atom stereocenters. The Kier molecular flexibility index (Phi) is 3.83. The van der Waals surface area contributed by atoms with E-state index in [0.717, 1.165) is 6.42 Å². The molecule has 0 saturated heterocycles. The molecule has 1 aliphatic rings. The van der Waals surface area contributed by atoms with Crippen LogP contribution in [0.1, 0.15) is 31.4 Å². The summed E-state index contributed by atoms with van der Waals surface area (Å²) in [5.41, 5.74) is 0.602. The number of carbonyl (C=O) groups is 2. The Morgan fingerprint density at radius 1 is 1.42 bits per heavy atom. The van der Waals surface area contributed by atoms with Crippen molar-refractivity contribution >= 4 is 11.9 Å². The van der Waals surface area contributed by atoms with E-state index in [1.807, 2.05) is 6.92 Å². The fourth-order valence-corrected chi connectivity index (χ4v) is 2.09. The van der Waals surface area contributed by atoms with E-state index in [1.165, 1.54) is 24.3 Å². The van der Waals surface area contributed by atoms with Crippen LogP contribution in [0.25, 0.3) is 0 Å². The van der Waals surface area contributed by atoms with Crippen LogP contribution in [0.5, 0.6) is 0 Å². The number of carboxylic acid groups (broad SMARTS) is 1. The van der Waals surface area contributed by atoms with E-state index in [4.69, 9.17) is 5.11 Å². The number of hydrogen-bond acceptors (Lipinski definition) is 2. The van der Waals surface area contributed by atoms with Gasteiger partial charge in [0.05, 0.1) is 12.5 Å². The minimum atomic E-state index is -1.00. The van der Waals surface area contributed by atoms with Crippen LogP contribution >= 0.6 is 0 Å². The van der Waals surface area contributed by atoms with Crippen molar-refractivity contribution < 1.29 is 19.1 Å². The number of aliphatic carboxylic acids is 1. The highest BCUT2D eigenvalue weighted by Crippen LogP contribution is 2.38. The molecule has 5 heteroatoms. The average molecular weight is 265 g/mol. The summed E-state index contributed by atoms with van der Waals surface area (Å²) in [5, 5.41) is 11.6. The summed E-state index contributed by atoms with van der Waals surface area (Å²) in [5.74, 6) is -1.17. The van der Waals surface area contributed by atoms with Crippen molar-refractivity contribution in [3.05, 3.63) is 35.6 Å². The van der Waals surface area contributed by atoms with E-state index in [9.17, 15) is 14.0 Å². The first-order valence-corrected chi connectivity index (χ1v) is 6.25. The van der Waals surface area contributed by atoms with Gasteiger partial charge in [0.25, 0.3) is 0 Å². The third kappa shape index (κ3) is 3.53. The van der Waals surface area contributed by atoms with Gasteiger partial charge in [0.15, 0.2) is 0 Å². The Balaban J connectivity index is 2.09. The number of halogens is 1. The molecule has 0 spiro atoms. The highest BCUT2D eigenvalue weighted by Gasteiger charge is 2.39. The van der Waals surface area contributed by atoms with Crippen molar-refractivity contribution in [2.75, 3.05) is 0 Å². The van der Waals surface area contributed by atoms with Gasteiger partial charge in [-0.2, -0.15) is 0 Å². The van der Waals surface area contributed by atoms with E-state index in [-0.39, 0.29) is 24.1 Å². The fraction of sp³-hybridized carbons (Fsp3) is 0.429. The maximum Gasteiger partial charge on any atom is 0.305 e. The normalized spacial score (nSPS) is 22.6. The second kappa shape index (κ2) is 5.38. The maximum absolute atomic E-state index is 12.9. The SMILES string of the molecule is C[C@@H]1C[C@@H]1C(=O)N[C@H](CC(=O)O)c1ccc(F)cc1. The molecular weight excluding hydrogens is 249 g/mol. The number of rotatable bonds is 5. The summed E-state index contributed by atoms with van der Waals surface area (Å²) in [4.78, 5) is 22.7. The molecule has 2 rings (SSSR count). The van der Waals surface area contributed by atoms with Gasteiger partial charge in [0.1, 0.15) is 5.82 Å². The van der Waals surface area contributed by atoms with Crippen molar-refractivity contribution in [1.29, 1.82) is 0 Å². The topological polar surface area (TPSA) is 66.4 Å². The lowest BCUT2D eigenvalue weighted by Gasteiger charge is -2.17. The van der Waals surface area contributed by atoms with Crippen LogP contribution in [0.2, 0.25) is 0 Å². The minimum Gasteiger partial charge on any atom is -0.481 e. The zero-order valence-electron chi connectivity index (χ0n) is 10.6. The molecule has 0 bridgehead atoms. The molecular formula is C14H16FNO3. The van der Waals surface area contributed by atoms with Gasteiger partial charge in [0, 0.05) is 5.92 Å². The smallest absolute Gasteiger partial charge is 0.305 e. The van der Waals surface area contributed by atoms with Gasteiger partial charge in [-0.25, -0.2) is 4.39 Å². The van der Waals surface area contributed by atoms with Crippen LogP contribution in [-0.2, 0) is 9.59 Å².